The molecule has 0 bridgehead atoms. The van der Waals surface area contributed by atoms with Crippen LogP contribution in [0, 0.1) is 0 Å². The number of ether oxygens (including phenoxy) is 2. The van der Waals surface area contributed by atoms with Crippen molar-refractivity contribution in [2.45, 2.75) is 52.6 Å². The zero-order valence-corrected chi connectivity index (χ0v) is 9.88. The second-order valence-corrected chi connectivity index (χ2v) is 4.32. The lowest BCUT2D eigenvalue weighted by atomic mass is 10.1. The number of nitrogens with one attached hydrogen (secondary N) is 1. The molecule has 4 heteroatoms. The monoisotopic (exact) mass is 203 g/mol. The Morgan fingerprint density at radius 2 is 1.79 bits per heavy atom. The van der Waals surface area contributed by atoms with E-state index in [9.17, 15) is 4.79 Å². The number of methoxy groups -OCH3 is 1. The molecule has 0 radical (unpaired) electrons. The molecule has 0 aliphatic heterocycles. The lowest BCUT2D eigenvalue weighted by Crippen LogP contribution is -2.46. The molecule has 0 aromatic heterocycles. The molecule has 14 heavy (non-hydrogen) atoms. The first kappa shape index (κ1) is 13.4. The minimum atomic E-state index is -0.496. The molecule has 0 aromatic rings. The third kappa shape index (κ3) is 5.94. The van der Waals surface area contributed by atoms with Gasteiger partial charge in [-0.3, -0.25) is 4.79 Å². The average Bonchev–Trinajstić information content (AvgIpc) is 2.00. The molecule has 84 valence electrons. The van der Waals surface area contributed by atoms with E-state index in [0.29, 0.717) is 0 Å². The van der Waals surface area contributed by atoms with E-state index >= 15 is 0 Å². The first-order valence-corrected chi connectivity index (χ1v) is 4.76. The van der Waals surface area contributed by atoms with E-state index in [-0.39, 0.29) is 17.7 Å². The van der Waals surface area contributed by atoms with Gasteiger partial charge in [-0.15, -0.1) is 0 Å². The fraction of sp³-hybridized carbons (Fsp3) is 0.900. The molecule has 2 atom stereocenters. The molecule has 0 saturated heterocycles. The van der Waals surface area contributed by atoms with E-state index in [4.69, 9.17) is 9.47 Å². The Labute approximate surface area is 86.0 Å². The van der Waals surface area contributed by atoms with E-state index in [0.717, 1.165) is 0 Å². The van der Waals surface area contributed by atoms with Crippen molar-refractivity contribution in [2.24, 2.45) is 0 Å². The van der Waals surface area contributed by atoms with Gasteiger partial charge in [0.15, 0.2) is 6.29 Å². The summed E-state index contributed by atoms with van der Waals surface area (Å²) < 4.78 is 10.2. The van der Waals surface area contributed by atoms with Crippen LogP contribution in [-0.4, -0.2) is 30.9 Å². The fourth-order valence-electron chi connectivity index (χ4n) is 0.876. The Bertz CT molecular complexity index is 186. The Morgan fingerprint density at radius 1 is 1.29 bits per heavy atom. The van der Waals surface area contributed by atoms with Crippen molar-refractivity contribution in [2.75, 3.05) is 7.11 Å². The summed E-state index contributed by atoms with van der Waals surface area (Å²) in [6.07, 6.45) is -0.861. The standard InChI is InChI=1S/C10H21NO3/c1-7(14-8(2)13-6)9(12)11-10(3,4)5/h7-8H,1-6H3,(H,11,12). The van der Waals surface area contributed by atoms with E-state index < -0.39 is 6.10 Å². The molecule has 0 spiro atoms. The van der Waals surface area contributed by atoms with Gasteiger partial charge in [0.1, 0.15) is 6.10 Å². The smallest absolute Gasteiger partial charge is 0.249 e. The fourth-order valence-corrected chi connectivity index (χ4v) is 0.876. The third-order valence-electron chi connectivity index (χ3n) is 1.60. The van der Waals surface area contributed by atoms with Crippen LogP contribution in [0.25, 0.3) is 0 Å². The molecule has 1 N–H and O–H groups in total. The summed E-state index contributed by atoms with van der Waals surface area (Å²) in [6.45, 7) is 9.24. The van der Waals surface area contributed by atoms with Gasteiger partial charge in [-0.2, -0.15) is 0 Å². The molecule has 0 rings (SSSR count). The third-order valence-corrected chi connectivity index (χ3v) is 1.60. The summed E-state index contributed by atoms with van der Waals surface area (Å²) in [7, 11) is 1.54. The molecule has 4 nitrogen and oxygen atoms in total. The van der Waals surface area contributed by atoms with Crippen LogP contribution in [0.15, 0.2) is 0 Å². The topological polar surface area (TPSA) is 47.6 Å². The first-order chi connectivity index (χ1) is 6.26. The number of amides is 1. The zero-order valence-electron chi connectivity index (χ0n) is 9.88. The van der Waals surface area contributed by atoms with Gasteiger partial charge < -0.3 is 14.8 Å². The summed E-state index contributed by atoms with van der Waals surface area (Å²) in [6, 6.07) is 0. The maximum Gasteiger partial charge on any atom is 0.249 e. The summed E-state index contributed by atoms with van der Waals surface area (Å²) >= 11 is 0. The summed E-state index contributed by atoms with van der Waals surface area (Å²) in [5.41, 5.74) is -0.231. The van der Waals surface area contributed by atoms with Crippen LogP contribution in [0.3, 0.4) is 0 Å². The van der Waals surface area contributed by atoms with Crippen LogP contribution in [0.5, 0.6) is 0 Å². The van der Waals surface area contributed by atoms with E-state index in [1.54, 1.807) is 21.0 Å². The first-order valence-electron chi connectivity index (χ1n) is 4.76. The minimum Gasteiger partial charge on any atom is -0.356 e. The highest BCUT2D eigenvalue weighted by atomic mass is 16.7. The van der Waals surface area contributed by atoms with Crippen molar-refractivity contribution >= 4 is 5.91 Å². The maximum absolute atomic E-state index is 11.5. The Balaban J connectivity index is 4.00. The molecule has 0 heterocycles. The molecular weight excluding hydrogens is 182 g/mol. The number of hydrogen-bond acceptors (Lipinski definition) is 3. The van der Waals surface area contributed by atoms with E-state index in [1.165, 1.54) is 0 Å². The number of hydrogen-bond donors (Lipinski definition) is 1. The van der Waals surface area contributed by atoms with Crippen molar-refractivity contribution in [3.05, 3.63) is 0 Å². The van der Waals surface area contributed by atoms with Gasteiger partial charge in [-0.05, 0) is 34.6 Å². The summed E-state index contributed by atoms with van der Waals surface area (Å²) in [5.74, 6) is -0.124. The molecule has 0 aliphatic carbocycles. The number of carbonyl (C=O) groups is 1. The molecule has 1 amide bonds. The highest BCUT2D eigenvalue weighted by Gasteiger charge is 2.21. The zero-order chi connectivity index (χ0) is 11.4. The molecule has 0 aromatic carbocycles. The SMILES string of the molecule is COC(C)OC(C)C(=O)NC(C)(C)C. The van der Waals surface area contributed by atoms with E-state index in [2.05, 4.69) is 5.32 Å². The second-order valence-electron chi connectivity index (χ2n) is 4.32. The van der Waals surface area contributed by atoms with Gasteiger partial charge in [0.2, 0.25) is 5.91 Å². The van der Waals surface area contributed by atoms with Crippen molar-refractivity contribution in [1.82, 2.24) is 5.32 Å². The van der Waals surface area contributed by atoms with Gasteiger partial charge >= 0.3 is 0 Å². The predicted octanol–water partition coefficient (Wildman–Crippen LogP) is 1.30. The van der Waals surface area contributed by atoms with Crippen LogP contribution >= 0.6 is 0 Å². The lowest BCUT2D eigenvalue weighted by Gasteiger charge is -2.24. The Hall–Kier alpha value is -0.610. The van der Waals surface area contributed by atoms with Crippen LogP contribution in [0.1, 0.15) is 34.6 Å². The van der Waals surface area contributed by atoms with Gasteiger partial charge in [0, 0.05) is 12.6 Å². The van der Waals surface area contributed by atoms with Gasteiger partial charge in [-0.1, -0.05) is 0 Å². The van der Waals surface area contributed by atoms with Crippen LogP contribution < -0.4 is 5.32 Å². The molecule has 0 fully saturated rings. The second kappa shape index (κ2) is 5.32. The highest BCUT2D eigenvalue weighted by Crippen LogP contribution is 2.03. The summed E-state index contributed by atoms with van der Waals surface area (Å²) in [4.78, 5) is 11.5. The van der Waals surface area contributed by atoms with E-state index in [1.807, 2.05) is 20.8 Å². The highest BCUT2D eigenvalue weighted by molar-refractivity contribution is 5.80. The van der Waals surface area contributed by atoms with Crippen LogP contribution in [-0.2, 0) is 14.3 Å². The molecule has 0 saturated carbocycles. The predicted molar refractivity (Wildman–Crippen MR) is 54.9 cm³/mol. The van der Waals surface area contributed by atoms with Crippen molar-refractivity contribution in [3.63, 3.8) is 0 Å². The van der Waals surface area contributed by atoms with Crippen molar-refractivity contribution in [3.8, 4) is 0 Å². The van der Waals surface area contributed by atoms with Gasteiger partial charge in [0.05, 0.1) is 0 Å². The van der Waals surface area contributed by atoms with Gasteiger partial charge in [0.25, 0.3) is 0 Å². The molecular formula is C10H21NO3. The lowest BCUT2D eigenvalue weighted by molar-refractivity contribution is -0.162. The minimum absolute atomic E-state index is 0.124. The number of rotatable bonds is 4. The van der Waals surface area contributed by atoms with Crippen molar-refractivity contribution < 1.29 is 14.3 Å². The van der Waals surface area contributed by atoms with Gasteiger partial charge in [-0.25, -0.2) is 0 Å². The Morgan fingerprint density at radius 3 is 2.14 bits per heavy atom. The van der Waals surface area contributed by atoms with Crippen molar-refractivity contribution in [1.29, 1.82) is 0 Å². The molecule has 0 aliphatic rings. The van der Waals surface area contributed by atoms with Crippen LogP contribution in [0.2, 0.25) is 0 Å². The Kier molecular flexibility index (Phi) is 5.08. The quantitative estimate of drug-likeness (QED) is 0.700. The van der Waals surface area contributed by atoms with Crippen LogP contribution in [0.4, 0.5) is 0 Å². The largest absolute Gasteiger partial charge is 0.356 e. The molecule has 2 unspecified atom stereocenters. The number of carbonyl (C=O) groups excluding carboxylic acids is 1. The maximum atomic E-state index is 11.5. The normalized spacial score (nSPS) is 16.1. The average molecular weight is 203 g/mol. The summed E-state index contributed by atoms with van der Waals surface area (Å²) in [5, 5.41) is 2.83.